The van der Waals surface area contributed by atoms with Crippen LogP contribution < -0.4 is 5.73 Å². The van der Waals surface area contributed by atoms with Crippen molar-refractivity contribution in [3.63, 3.8) is 0 Å². The first kappa shape index (κ1) is 12.4. The molecule has 5 nitrogen and oxygen atoms in total. The van der Waals surface area contributed by atoms with E-state index in [1.165, 1.54) is 0 Å². The summed E-state index contributed by atoms with van der Waals surface area (Å²) in [6.45, 7) is -0.0758. The van der Waals surface area contributed by atoms with Crippen molar-refractivity contribution in [2.75, 3.05) is 5.73 Å². The summed E-state index contributed by atoms with van der Waals surface area (Å²) in [5, 5.41) is 19.1. The first-order valence-electron chi connectivity index (χ1n) is 6.74. The van der Waals surface area contributed by atoms with Crippen molar-refractivity contribution >= 4 is 16.7 Å². The van der Waals surface area contributed by atoms with E-state index in [-0.39, 0.29) is 12.7 Å². The Morgan fingerprint density at radius 2 is 2.00 bits per heavy atom. The lowest BCUT2D eigenvalue weighted by atomic mass is 9.92. The molecule has 19 heavy (non-hydrogen) atoms. The molecule has 5 heteroatoms. The van der Waals surface area contributed by atoms with Crippen LogP contribution in [0.3, 0.4) is 0 Å². The fourth-order valence-corrected chi connectivity index (χ4v) is 3.00. The van der Waals surface area contributed by atoms with E-state index in [0.29, 0.717) is 17.6 Å². The van der Waals surface area contributed by atoms with Crippen LogP contribution in [0.5, 0.6) is 0 Å². The number of hydrogen-bond donors (Lipinski definition) is 3. The molecule has 1 aliphatic carbocycles. The molecule has 0 radical (unpaired) electrons. The van der Waals surface area contributed by atoms with Gasteiger partial charge in [-0.2, -0.15) is 0 Å². The Labute approximate surface area is 111 Å². The topological polar surface area (TPSA) is 84.3 Å². The summed E-state index contributed by atoms with van der Waals surface area (Å²) < 4.78 is 2.11. The van der Waals surface area contributed by atoms with Crippen LogP contribution in [0.25, 0.3) is 11.0 Å². The Kier molecular flexibility index (Phi) is 3.16. The largest absolute Gasteiger partial charge is 0.399 e. The Balaban J connectivity index is 2.05. The molecular weight excluding hydrogens is 242 g/mol. The lowest BCUT2D eigenvalue weighted by Gasteiger charge is -2.28. The SMILES string of the molecule is Nc1ccc2c(c1)nc(CO)n2C1CCC(O)CC1. The monoisotopic (exact) mass is 261 g/mol. The highest BCUT2D eigenvalue weighted by molar-refractivity contribution is 5.79. The van der Waals surface area contributed by atoms with Gasteiger partial charge < -0.3 is 20.5 Å². The highest BCUT2D eigenvalue weighted by Gasteiger charge is 2.24. The van der Waals surface area contributed by atoms with Crippen LogP contribution in [-0.2, 0) is 6.61 Å². The standard InChI is InChI=1S/C14H19N3O2/c15-9-1-6-13-12(7-9)16-14(8-18)17(13)10-2-4-11(19)5-3-10/h1,6-7,10-11,18-19H,2-5,8,15H2. The van der Waals surface area contributed by atoms with Gasteiger partial charge >= 0.3 is 0 Å². The lowest BCUT2D eigenvalue weighted by Crippen LogP contribution is -2.22. The third-order valence-electron chi connectivity index (χ3n) is 3.96. The van der Waals surface area contributed by atoms with Crippen molar-refractivity contribution in [3.8, 4) is 0 Å². The number of benzene rings is 1. The number of imidazole rings is 1. The molecule has 3 rings (SSSR count). The van der Waals surface area contributed by atoms with Gasteiger partial charge in [-0.15, -0.1) is 0 Å². The lowest BCUT2D eigenvalue weighted by molar-refractivity contribution is 0.109. The van der Waals surface area contributed by atoms with Gasteiger partial charge in [0.1, 0.15) is 12.4 Å². The zero-order chi connectivity index (χ0) is 13.4. The molecule has 1 fully saturated rings. The summed E-state index contributed by atoms with van der Waals surface area (Å²) >= 11 is 0. The molecule has 0 spiro atoms. The molecule has 1 aromatic carbocycles. The molecular formula is C14H19N3O2. The van der Waals surface area contributed by atoms with Gasteiger partial charge in [0.25, 0.3) is 0 Å². The van der Waals surface area contributed by atoms with Crippen molar-refractivity contribution in [2.45, 2.75) is 44.4 Å². The van der Waals surface area contributed by atoms with E-state index >= 15 is 0 Å². The Bertz CT molecular complexity index is 586. The fraction of sp³-hybridized carbons (Fsp3) is 0.500. The molecule has 0 atom stereocenters. The van der Waals surface area contributed by atoms with Crippen molar-refractivity contribution < 1.29 is 10.2 Å². The summed E-state index contributed by atoms with van der Waals surface area (Å²) in [5.41, 5.74) is 8.30. The molecule has 2 aromatic rings. The van der Waals surface area contributed by atoms with Gasteiger partial charge in [0.05, 0.1) is 17.1 Å². The van der Waals surface area contributed by atoms with E-state index in [1.54, 1.807) is 0 Å². The molecule has 102 valence electrons. The summed E-state index contributed by atoms with van der Waals surface area (Å²) in [5.74, 6) is 0.682. The summed E-state index contributed by atoms with van der Waals surface area (Å²) in [4.78, 5) is 4.46. The number of rotatable bonds is 2. The van der Waals surface area contributed by atoms with E-state index in [2.05, 4.69) is 9.55 Å². The van der Waals surface area contributed by atoms with Gasteiger partial charge in [-0.3, -0.25) is 0 Å². The van der Waals surface area contributed by atoms with Crippen molar-refractivity contribution in [1.29, 1.82) is 0 Å². The number of nitrogens with two attached hydrogens (primary N) is 1. The second-order valence-electron chi connectivity index (χ2n) is 5.27. The van der Waals surface area contributed by atoms with Crippen molar-refractivity contribution in [3.05, 3.63) is 24.0 Å². The predicted octanol–water partition coefficient (Wildman–Crippen LogP) is 1.59. The first-order valence-corrected chi connectivity index (χ1v) is 6.74. The second kappa shape index (κ2) is 4.83. The van der Waals surface area contributed by atoms with E-state index in [9.17, 15) is 10.2 Å². The molecule has 1 saturated carbocycles. The van der Waals surface area contributed by atoms with Crippen LogP contribution in [0.1, 0.15) is 37.5 Å². The van der Waals surface area contributed by atoms with Gasteiger partial charge in [-0.1, -0.05) is 0 Å². The number of fused-ring (bicyclic) bond motifs is 1. The molecule has 0 saturated heterocycles. The molecule has 1 aliphatic rings. The summed E-state index contributed by atoms with van der Waals surface area (Å²) in [6.07, 6.45) is 3.28. The maximum Gasteiger partial charge on any atom is 0.135 e. The van der Waals surface area contributed by atoms with Crippen molar-refractivity contribution in [1.82, 2.24) is 9.55 Å². The van der Waals surface area contributed by atoms with Crippen LogP contribution in [0.2, 0.25) is 0 Å². The number of nitrogens with zero attached hydrogens (tertiary/aromatic N) is 2. The number of aliphatic hydroxyl groups excluding tert-OH is 2. The summed E-state index contributed by atoms with van der Waals surface area (Å²) in [7, 11) is 0. The third kappa shape index (κ3) is 2.19. The van der Waals surface area contributed by atoms with Gasteiger partial charge in [0.15, 0.2) is 0 Å². The van der Waals surface area contributed by atoms with E-state index in [1.807, 2.05) is 18.2 Å². The number of aliphatic hydroxyl groups is 2. The minimum atomic E-state index is -0.181. The van der Waals surface area contributed by atoms with Crippen LogP contribution in [-0.4, -0.2) is 25.9 Å². The highest BCUT2D eigenvalue weighted by atomic mass is 16.3. The number of nitrogen functional groups attached to an aromatic ring is 1. The minimum Gasteiger partial charge on any atom is -0.399 e. The van der Waals surface area contributed by atoms with Crippen LogP contribution in [0.15, 0.2) is 18.2 Å². The Hall–Kier alpha value is -1.59. The highest BCUT2D eigenvalue weighted by Crippen LogP contribution is 2.33. The molecule has 1 aromatic heterocycles. The Morgan fingerprint density at radius 3 is 2.68 bits per heavy atom. The van der Waals surface area contributed by atoms with Crippen LogP contribution in [0, 0.1) is 0 Å². The summed E-state index contributed by atoms with van der Waals surface area (Å²) in [6, 6.07) is 5.96. The van der Waals surface area contributed by atoms with Gasteiger partial charge in [0.2, 0.25) is 0 Å². The number of aromatic nitrogens is 2. The van der Waals surface area contributed by atoms with Gasteiger partial charge in [-0.05, 0) is 43.9 Å². The predicted molar refractivity (Wildman–Crippen MR) is 73.6 cm³/mol. The fourth-order valence-electron chi connectivity index (χ4n) is 3.00. The molecule has 1 heterocycles. The van der Waals surface area contributed by atoms with E-state index in [4.69, 9.17) is 5.73 Å². The zero-order valence-electron chi connectivity index (χ0n) is 10.8. The second-order valence-corrected chi connectivity index (χ2v) is 5.27. The van der Waals surface area contributed by atoms with Crippen LogP contribution >= 0.6 is 0 Å². The third-order valence-corrected chi connectivity index (χ3v) is 3.96. The van der Waals surface area contributed by atoms with Gasteiger partial charge in [-0.25, -0.2) is 4.98 Å². The Morgan fingerprint density at radius 1 is 1.26 bits per heavy atom. The quantitative estimate of drug-likeness (QED) is 0.717. The maximum atomic E-state index is 9.61. The smallest absolute Gasteiger partial charge is 0.135 e. The molecule has 0 bridgehead atoms. The minimum absolute atomic E-state index is 0.0758. The zero-order valence-corrected chi connectivity index (χ0v) is 10.8. The maximum absolute atomic E-state index is 9.61. The molecule has 0 unspecified atom stereocenters. The van der Waals surface area contributed by atoms with Gasteiger partial charge in [0, 0.05) is 11.7 Å². The average Bonchev–Trinajstić information content (AvgIpc) is 2.77. The molecule has 0 amide bonds. The first-order chi connectivity index (χ1) is 9.19. The van der Waals surface area contributed by atoms with Crippen molar-refractivity contribution in [2.24, 2.45) is 0 Å². The average molecular weight is 261 g/mol. The normalized spacial score (nSPS) is 23.9. The molecule has 0 aliphatic heterocycles. The van der Waals surface area contributed by atoms with Crippen LogP contribution in [0.4, 0.5) is 5.69 Å². The van der Waals surface area contributed by atoms with E-state index < -0.39 is 0 Å². The van der Waals surface area contributed by atoms with E-state index in [0.717, 1.165) is 36.7 Å². The molecule has 4 N–H and O–H groups in total. The number of anilines is 1. The number of hydrogen-bond acceptors (Lipinski definition) is 4.